The van der Waals surface area contributed by atoms with Gasteiger partial charge in [-0.05, 0) is 6.42 Å². The third kappa shape index (κ3) is 3.24. The molecule has 1 aliphatic heterocycles. The minimum atomic E-state index is -0.0636. The predicted molar refractivity (Wildman–Crippen MR) is 62.4 cm³/mol. The summed E-state index contributed by atoms with van der Waals surface area (Å²) in [6.07, 6.45) is 2.60. The van der Waals surface area contributed by atoms with Crippen molar-refractivity contribution in [2.24, 2.45) is 0 Å². The van der Waals surface area contributed by atoms with E-state index in [2.05, 4.69) is 21.9 Å². The summed E-state index contributed by atoms with van der Waals surface area (Å²) in [7, 11) is 0. The van der Waals surface area contributed by atoms with Gasteiger partial charge in [0.2, 0.25) is 0 Å². The Morgan fingerprint density at radius 3 is 3.24 bits per heavy atom. The van der Waals surface area contributed by atoms with Crippen LogP contribution in [-0.4, -0.2) is 57.2 Å². The quantitative estimate of drug-likeness (QED) is 0.777. The zero-order valence-corrected chi connectivity index (χ0v) is 10.2. The van der Waals surface area contributed by atoms with Crippen molar-refractivity contribution in [3.63, 3.8) is 0 Å². The van der Waals surface area contributed by atoms with E-state index in [4.69, 9.17) is 9.84 Å². The van der Waals surface area contributed by atoms with Gasteiger partial charge >= 0.3 is 0 Å². The van der Waals surface area contributed by atoms with E-state index < -0.39 is 0 Å². The van der Waals surface area contributed by atoms with Gasteiger partial charge in [-0.1, -0.05) is 6.92 Å². The molecule has 6 nitrogen and oxygen atoms in total. The molecule has 0 amide bonds. The topological polar surface area (TPSA) is 63.4 Å². The normalized spacial score (nSPS) is 21.9. The number of nitrogens with zero attached hydrogens (tertiary/aromatic N) is 4. The SMILES string of the molecule is CCCn1ncnc1CN1CCOC(CO)C1. The first-order valence-electron chi connectivity index (χ1n) is 6.15. The fourth-order valence-corrected chi connectivity index (χ4v) is 2.04. The molecular formula is C11H20N4O2. The molecule has 0 aliphatic carbocycles. The summed E-state index contributed by atoms with van der Waals surface area (Å²) in [6, 6.07) is 0. The van der Waals surface area contributed by atoms with E-state index in [1.165, 1.54) is 0 Å². The van der Waals surface area contributed by atoms with Crippen molar-refractivity contribution in [2.75, 3.05) is 26.3 Å². The van der Waals surface area contributed by atoms with Crippen LogP contribution in [0.1, 0.15) is 19.2 Å². The number of rotatable bonds is 5. The highest BCUT2D eigenvalue weighted by atomic mass is 16.5. The van der Waals surface area contributed by atoms with Crippen LogP contribution in [0.4, 0.5) is 0 Å². The van der Waals surface area contributed by atoms with Crippen molar-refractivity contribution in [1.29, 1.82) is 0 Å². The van der Waals surface area contributed by atoms with Gasteiger partial charge in [0, 0.05) is 19.6 Å². The third-order valence-electron chi connectivity index (χ3n) is 2.92. The summed E-state index contributed by atoms with van der Waals surface area (Å²) in [5.74, 6) is 0.991. The molecule has 1 unspecified atom stereocenters. The van der Waals surface area contributed by atoms with Crippen LogP contribution < -0.4 is 0 Å². The van der Waals surface area contributed by atoms with Gasteiger partial charge in [-0.15, -0.1) is 0 Å². The van der Waals surface area contributed by atoms with Gasteiger partial charge in [-0.25, -0.2) is 9.67 Å². The molecular weight excluding hydrogens is 220 g/mol. The van der Waals surface area contributed by atoms with Gasteiger partial charge in [0.15, 0.2) is 0 Å². The fraction of sp³-hybridized carbons (Fsp3) is 0.818. The highest BCUT2D eigenvalue weighted by molar-refractivity contribution is 4.86. The van der Waals surface area contributed by atoms with Crippen molar-refractivity contribution >= 4 is 0 Å². The van der Waals surface area contributed by atoms with Gasteiger partial charge in [-0.2, -0.15) is 5.10 Å². The van der Waals surface area contributed by atoms with Gasteiger partial charge in [0.05, 0.1) is 25.9 Å². The first kappa shape index (κ1) is 12.5. The van der Waals surface area contributed by atoms with Crippen molar-refractivity contribution in [1.82, 2.24) is 19.7 Å². The molecule has 1 atom stereocenters. The number of aromatic nitrogens is 3. The lowest BCUT2D eigenvalue weighted by atomic mass is 10.3. The summed E-state index contributed by atoms with van der Waals surface area (Å²) < 4.78 is 7.37. The molecule has 17 heavy (non-hydrogen) atoms. The minimum absolute atomic E-state index is 0.0636. The minimum Gasteiger partial charge on any atom is -0.394 e. The van der Waals surface area contributed by atoms with E-state index in [1.54, 1.807) is 6.33 Å². The molecule has 96 valence electrons. The van der Waals surface area contributed by atoms with Gasteiger partial charge in [0.1, 0.15) is 12.2 Å². The molecule has 0 aromatic carbocycles. The van der Waals surface area contributed by atoms with Crippen molar-refractivity contribution in [3.05, 3.63) is 12.2 Å². The van der Waals surface area contributed by atoms with Crippen LogP contribution in [-0.2, 0) is 17.8 Å². The fourth-order valence-electron chi connectivity index (χ4n) is 2.04. The molecule has 1 fully saturated rings. The number of aliphatic hydroxyl groups excluding tert-OH is 1. The first-order valence-corrected chi connectivity index (χ1v) is 6.15. The van der Waals surface area contributed by atoms with E-state index in [9.17, 15) is 0 Å². The molecule has 6 heteroatoms. The average molecular weight is 240 g/mol. The molecule has 0 spiro atoms. The second-order valence-corrected chi connectivity index (χ2v) is 4.31. The van der Waals surface area contributed by atoms with Crippen LogP contribution in [0.3, 0.4) is 0 Å². The first-order chi connectivity index (χ1) is 8.33. The summed E-state index contributed by atoms with van der Waals surface area (Å²) in [6.45, 7) is 6.21. The summed E-state index contributed by atoms with van der Waals surface area (Å²) in [5.41, 5.74) is 0. The highest BCUT2D eigenvalue weighted by Gasteiger charge is 2.21. The number of ether oxygens (including phenoxy) is 1. The number of aryl methyl sites for hydroxylation is 1. The lowest BCUT2D eigenvalue weighted by molar-refractivity contribution is -0.0559. The summed E-state index contributed by atoms with van der Waals surface area (Å²) in [5, 5.41) is 13.3. The van der Waals surface area contributed by atoms with Gasteiger partial charge < -0.3 is 9.84 Å². The second-order valence-electron chi connectivity index (χ2n) is 4.31. The lowest BCUT2D eigenvalue weighted by Crippen LogP contribution is -2.43. The van der Waals surface area contributed by atoms with Crippen LogP contribution in [0.5, 0.6) is 0 Å². The standard InChI is InChI=1S/C11H20N4O2/c1-2-3-15-11(12-9-13-15)7-14-4-5-17-10(6-14)8-16/h9-10,16H,2-8H2,1H3. The van der Waals surface area contributed by atoms with Crippen LogP contribution in [0, 0.1) is 0 Å². The van der Waals surface area contributed by atoms with E-state index in [0.717, 1.165) is 38.4 Å². The Morgan fingerprint density at radius 2 is 2.47 bits per heavy atom. The van der Waals surface area contributed by atoms with E-state index in [-0.39, 0.29) is 12.7 Å². The van der Waals surface area contributed by atoms with Crippen LogP contribution in [0.25, 0.3) is 0 Å². The zero-order valence-electron chi connectivity index (χ0n) is 10.2. The van der Waals surface area contributed by atoms with E-state index in [0.29, 0.717) is 6.61 Å². The van der Waals surface area contributed by atoms with Crippen molar-refractivity contribution in [2.45, 2.75) is 32.5 Å². The third-order valence-corrected chi connectivity index (χ3v) is 2.92. The lowest BCUT2D eigenvalue weighted by Gasteiger charge is -2.31. The average Bonchev–Trinajstić information content (AvgIpc) is 2.78. The number of morpholine rings is 1. The molecule has 0 saturated carbocycles. The maximum atomic E-state index is 9.09. The number of hydrogen-bond donors (Lipinski definition) is 1. The Morgan fingerprint density at radius 1 is 1.59 bits per heavy atom. The van der Waals surface area contributed by atoms with Crippen LogP contribution in [0.2, 0.25) is 0 Å². The Hall–Kier alpha value is -0.980. The van der Waals surface area contributed by atoms with Crippen LogP contribution >= 0.6 is 0 Å². The molecule has 1 aromatic rings. The highest BCUT2D eigenvalue weighted by Crippen LogP contribution is 2.08. The van der Waals surface area contributed by atoms with E-state index >= 15 is 0 Å². The largest absolute Gasteiger partial charge is 0.394 e. The van der Waals surface area contributed by atoms with E-state index in [1.807, 2.05) is 4.68 Å². The van der Waals surface area contributed by atoms with Gasteiger partial charge in [-0.3, -0.25) is 4.90 Å². The number of aliphatic hydroxyl groups is 1. The Labute approximate surface area is 101 Å². The van der Waals surface area contributed by atoms with Gasteiger partial charge in [0.25, 0.3) is 0 Å². The second kappa shape index (κ2) is 6.09. The molecule has 1 aliphatic rings. The maximum Gasteiger partial charge on any atom is 0.141 e. The molecule has 1 N–H and O–H groups in total. The Bertz CT molecular complexity index is 342. The van der Waals surface area contributed by atoms with Crippen molar-refractivity contribution < 1.29 is 9.84 Å². The van der Waals surface area contributed by atoms with Crippen LogP contribution in [0.15, 0.2) is 6.33 Å². The summed E-state index contributed by atoms with van der Waals surface area (Å²) >= 11 is 0. The number of hydrogen-bond acceptors (Lipinski definition) is 5. The molecule has 2 rings (SSSR count). The smallest absolute Gasteiger partial charge is 0.141 e. The predicted octanol–water partition coefficient (Wildman–Crippen LogP) is -0.119. The molecule has 1 saturated heterocycles. The Balaban J connectivity index is 1.93. The monoisotopic (exact) mass is 240 g/mol. The Kier molecular flexibility index (Phi) is 4.47. The maximum absolute atomic E-state index is 9.09. The molecule has 0 radical (unpaired) electrons. The summed E-state index contributed by atoms with van der Waals surface area (Å²) in [4.78, 5) is 6.54. The molecule has 2 heterocycles. The van der Waals surface area contributed by atoms with Crippen molar-refractivity contribution in [3.8, 4) is 0 Å². The molecule has 0 bridgehead atoms. The molecule has 1 aromatic heterocycles. The zero-order chi connectivity index (χ0) is 12.1.